The van der Waals surface area contributed by atoms with Crippen LogP contribution in [0.5, 0.6) is 0 Å². The maximum absolute atomic E-state index is 6.07. The van der Waals surface area contributed by atoms with E-state index >= 15 is 0 Å². The predicted molar refractivity (Wildman–Crippen MR) is 111 cm³/mol. The van der Waals surface area contributed by atoms with Gasteiger partial charge in [0.15, 0.2) is 10.7 Å². The molecule has 0 spiro atoms. The third kappa shape index (κ3) is 2.90. The Bertz CT molecular complexity index is 1270. The topological polar surface area (TPSA) is 77.0 Å². The number of oxazole rings is 1. The first kappa shape index (κ1) is 15.8. The zero-order valence-corrected chi connectivity index (χ0v) is 15.4. The van der Waals surface area contributed by atoms with Crippen molar-refractivity contribution in [3.8, 4) is 11.1 Å². The summed E-state index contributed by atoms with van der Waals surface area (Å²) in [5.74, 6) is 0. The molecule has 27 heavy (non-hydrogen) atoms. The molecule has 5 nitrogen and oxygen atoms in total. The molecule has 2 aromatic heterocycles. The molecule has 5 aromatic rings. The van der Waals surface area contributed by atoms with Gasteiger partial charge in [-0.3, -0.25) is 5.32 Å². The second kappa shape index (κ2) is 6.10. The van der Waals surface area contributed by atoms with Crippen LogP contribution in [-0.2, 0) is 0 Å². The number of nitrogens with two attached hydrogens (primary N) is 1. The Hall–Kier alpha value is -3.38. The lowest BCUT2D eigenvalue weighted by Crippen LogP contribution is -1.90. The number of nitrogens with zero attached hydrogens (tertiary/aromatic N) is 2. The van der Waals surface area contributed by atoms with E-state index in [-0.39, 0.29) is 0 Å². The summed E-state index contributed by atoms with van der Waals surface area (Å²) in [5.41, 5.74) is 12.5. The quantitative estimate of drug-likeness (QED) is 0.395. The van der Waals surface area contributed by atoms with E-state index < -0.39 is 0 Å². The van der Waals surface area contributed by atoms with Crippen LogP contribution < -0.4 is 11.1 Å². The Labute approximate surface area is 159 Å². The molecule has 0 unspecified atom stereocenters. The average Bonchev–Trinajstić information content (AvgIpc) is 3.25. The van der Waals surface area contributed by atoms with Crippen LogP contribution in [0.2, 0.25) is 0 Å². The molecule has 0 fully saturated rings. The number of nitrogen functional groups attached to an aromatic ring is 1. The van der Waals surface area contributed by atoms with Crippen molar-refractivity contribution >= 4 is 49.5 Å². The lowest BCUT2D eigenvalue weighted by Gasteiger charge is -1.99. The lowest BCUT2D eigenvalue weighted by atomic mass is 10.1. The highest BCUT2D eigenvalue weighted by Gasteiger charge is 2.12. The number of aromatic nitrogens is 2. The number of thiazole rings is 1. The van der Waals surface area contributed by atoms with Crippen LogP contribution in [0.4, 0.5) is 16.8 Å². The fraction of sp³-hybridized carbons (Fsp3) is 0.0476. The van der Waals surface area contributed by atoms with Crippen molar-refractivity contribution in [2.24, 2.45) is 0 Å². The number of hydrogen-bond acceptors (Lipinski definition) is 6. The smallest absolute Gasteiger partial charge is 0.302 e. The molecule has 0 radical (unpaired) electrons. The van der Waals surface area contributed by atoms with Gasteiger partial charge in [-0.15, -0.1) is 0 Å². The van der Waals surface area contributed by atoms with Crippen molar-refractivity contribution in [2.75, 3.05) is 11.1 Å². The van der Waals surface area contributed by atoms with E-state index in [0.29, 0.717) is 16.8 Å². The molecule has 0 bridgehead atoms. The van der Waals surface area contributed by atoms with Crippen molar-refractivity contribution < 1.29 is 4.42 Å². The van der Waals surface area contributed by atoms with Gasteiger partial charge < -0.3 is 10.2 Å². The molecular formula is C21H16N4OS. The van der Waals surface area contributed by atoms with Crippen molar-refractivity contribution in [2.45, 2.75) is 6.92 Å². The zero-order valence-electron chi connectivity index (χ0n) is 14.6. The van der Waals surface area contributed by atoms with Gasteiger partial charge in [0.25, 0.3) is 0 Å². The van der Waals surface area contributed by atoms with E-state index in [4.69, 9.17) is 10.2 Å². The van der Waals surface area contributed by atoms with E-state index in [0.717, 1.165) is 38.0 Å². The van der Waals surface area contributed by atoms with Gasteiger partial charge in [0, 0.05) is 0 Å². The van der Waals surface area contributed by atoms with E-state index in [9.17, 15) is 0 Å². The lowest BCUT2D eigenvalue weighted by molar-refractivity contribution is 0.623. The second-order valence-corrected chi connectivity index (χ2v) is 7.44. The maximum Gasteiger partial charge on any atom is 0.302 e. The normalized spacial score (nSPS) is 11.3. The van der Waals surface area contributed by atoms with Gasteiger partial charge in [-0.05, 0) is 47.9 Å². The Morgan fingerprint density at radius 1 is 0.963 bits per heavy atom. The molecule has 3 aromatic carbocycles. The SMILES string of the molecule is Cc1cc(N)c2nc(Nc3nc4cc(-c5ccccc5)ccc4o3)sc2c1. The summed E-state index contributed by atoms with van der Waals surface area (Å²) in [7, 11) is 0. The summed E-state index contributed by atoms with van der Waals surface area (Å²) in [6.07, 6.45) is 0. The van der Waals surface area contributed by atoms with Gasteiger partial charge in [0.2, 0.25) is 0 Å². The number of fused-ring (bicyclic) bond motifs is 2. The van der Waals surface area contributed by atoms with Crippen LogP contribution in [0.25, 0.3) is 32.4 Å². The number of nitrogens with one attached hydrogen (secondary N) is 1. The van der Waals surface area contributed by atoms with Gasteiger partial charge in [-0.25, -0.2) is 4.98 Å². The van der Waals surface area contributed by atoms with Crippen LogP contribution in [0.3, 0.4) is 0 Å². The molecule has 5 rings (SSSR count). The molecule has 0 saturated heterocycles. The van der Waals surface area contributed by atoms with Crippen molar-refractivity contribution in [3.05, 3.63) is 66.2 Å². The Morgan fingerprint density at radius 3 is 2.67 bits per heavy atom. The molecule has 0 aliphatic rings. The highest BCUT2D eigenvalue weighted by Crippen LogP contribution is 2.33. The van der Waals surface area contributed by atoms with Crippen molar-refractivity contribution in [3.63, 3.8) is 0 Å². The highest BCUT2D eigenvalue weighted by atomic mass is 32.1. The maximum atomic E-state index is 6.07. The van der Waals surface area contributed by atoms with Gasteiger partial charge >= 0.3 is 6.01 Å². The number of benzene rings is 3. The average molecular weight is 372 g/mol. The van der Waals surface area contributed by atoms with Crippen LogP contribution in [0.15, 0.2) is 65.1 Å². The zero-order chi connectivity index (χ0) is 18.4. The summed E-state index contributed by atoms with van der Waals surface area (Å²) < 4.78 is 6.87. The van der Waals surface area contributed by atoms with Gasteiger partial charge in [0.05, 0.1) is 10.4 Å². The monoisotopic (exact) mass is 372 g/mol. The Morgan fingerprint density at radius 2 is 1.81 bits per heavy atom. The highest BCUT2D eigenvalue weighted by molar-refractivity contribution is 7.22. The molecule has 2 heterocycles. The molecule has 6 heteroatoms. The van der Waals surface area contributed by atoms with Gasteiger partial charge in [-0.2, -0.15) is 4.98 Å². The summed E-state index contributed by atoms with van der Waals surface area (Å²) in [6.45, 7) is 2.02. The van der Waals surface area contributed by atoms with E-state index in [2.05, 4.69) is 33.5 Å². The van der Waals surface area contributed by atoms with Crippen LogP contribution in [-0.4, -0.2) is 9.97 Å². The minimum absolute atomic E-state index is 0.421. The fourth-order valence-corrected chi connectivity index (χ4v) is 4.12. The minimum Gasteiger partial charge on any atom is -0.423 e. The van der Waals surface area contributed by atoms with Gasteiger partial charge in [0.1, 0.15) is 11.0 Å². The molecule has 0 saturated carbocycles. The first-order valence-corrected chi connectivity index (χ1v) is 9.37. The summed E-state index contributed by atoms with van der Waals surface area (Å²) in [6, 6.07) is 20.6. The molecule has 0 aliphatic heterocycles. The fourth-order valence-electron chi connectivity index (χ4n) is 3.13. The second-order valence-electron chi connectivity index (χ2n) is 6.41. The van der Waals surface area contributed by atoms with E-state index in [1.165, 1.54) is 11.3 Å². The number of hydrogen-bond donors (Lipinski definition) is 2. The van der Waals surface area contributed by atoms with Crippen molar-refractivity contribution in [1.29, 1.82) is 0 Å². The predicted octanol–water partition coefficient (Wildman–Crippen LogP) is 5.74. The third-order valence-electron chi connectivity index (χ3n) is 4.38. The Kier molecular flexibility index (Phi) is 3.58. The van der Waals surface area contributed by atoms with Crippen LogP contribution in [0.1, 0.15) is 5.56 Å². The third-order valence-corrected chi connectivity index (χ3v) is 5.30. The Balaban J connectivity index is 1.49. The minimum atomic E-state index is 0.421. The molecule has 0 aliphatic carbocycles. The molecule has 0 atom stereocenters. The van der Waals surface area contributed by atoms with Crippen LogP contribution in [0, 0.1) is 6.92 Å². The first-order valence-electron chi connectivity index (χ1n) is 8.55. The molecular weight excluding hydrogens is 356 g/mol. The largest absolute Gasteiger partial charge is 0.423 e. The van der Waals surface area contributed by atoms with E-state index in [1.807, 2.05) is 49.4 Å². The number of anilines is 3. The van der Waals surface area contributed by atoms with Crippen molar-refractivity contribution in [1.82, 2.24) is 9.97 Å². The van der Waals surface area contributed by atoms with Gasteiger partial charge in [-0.1, -0.05) is 47.7 Å². The van der Waals surface area contributed by atoms with Crippen LogP contribution >= 0.6 is 11.3 Å². The molecule has 3 N–H and O–H groups in total. The number of aryl methyl sites for hydroxylation is 1. The van der Waals surface area contributed by atoms with E-state index in [1.54, 1.807) is 0 Å². The molecule has 132 valence electrons. The molecule has 0 amide bonds. The first-order chi connectivity index (χ1) is 13.2. The summed E-state index contributed by atoms with van der Waals surface area (Å²) >= 11 is 1.53. The summed E-state index contributed by atoms with van der Waals surface area (Å²) in [5, 5.41) is 3.87. The standard InChI is InChI=1S/C21H16N4OS/c1-12-9-15(22)19-18(10-12)27-21(24-19)25-20-23-16-11-14(7-8-17(16)26-20)13-5-3-2-4-6-13/h2-11H,22H2,1H3,(H,23,24,25). The summed E-state index contributed by atoms with van der Waals surface area (Å²) in [4.78, 5) is 9.13. The number of rotatable bonds is 3.